The quantitative estimate of drug-likeness (QED) is 0.397. The van der Waals surface area contributed by atoms with Crippen molar-refractivity contribution in [3.63, 3.8) is 0 Å². The van der Waals surface area contributed by atoms with Crippen molar-refractivity contribution in [3.05, 3.63) is 59.7 Å². The molecule has 24 heavy (non-hydrogen) atoms. The molecule has 0 aliphatic carbocycles. The molecule has 3 aromatic carbocycles. The van der Waals surface area contributed by atoms with Gasteiger partial charge >= 0.3 is 153 Å². The summed E-state index contributed by atoms with van der Waals surface area (Å²) in [6.07, 6.45) is 0. The SMILES string of the molecule is [Li][c]1cc(C)cc(-c2c(C)ccc3ccccc23)c1OCOCC. The van der Waals surface area contributed by atoms with E-state index >= 15 is 0 Å². The molecule has 3 rings (SSSR count). The Morgan fingerprint density at radius 3 is 2.58 bits per heavy atom. The van der Waals surface area contributed by atoms with Crippen LogP contribution < -0.4 is 8.97 Å². The molecule has 0 saturated carbocycles. The summed E-state index contributed by atoms with van der Waals surface area (Å²) in [6.45, 7) is 7.18. The Balaban J connectivity index is 2.24. The molecular formula is C21H21LiO2. The first-order chi connectivity index (χ1) is 11.6. The predicted molar refractivity (Wildman–Crippen MR) is 101 cm³/mol. The standard InChI is InChI=1S/C21H21O2.Li/c1-4-22-14-23-20-12-9-15(2)13-19(20)21-16(3)10-11-17-7-5-6-8-18(17)21;/h5-11,13H,4,14H2,1-3H3;. The Morgan fingerprint density at radius 2 is 1.79 bits per heavy atom. The Hall–Kier alpha value is -1.72. The van der Waals surface area contributed by atoms with Crippen LogP contribution in [0.3, 0.4) is 0 Å². The normalized spacial score (nSPS) is 11.0. The van der Waals surface area contributed by atoms with Gasteiger partial charge in [0.1, 0.15) is 0 Å². The molecule has 0 atom stereocenters. The van der Waals surface area contributed by atoms with E-state index in [1.54, 1.807) is 0 Å². The summed E-state index contributed by atoms with van der Waals surface area (Å²) in [4.78, 5) is 0. The monoisotopic (exact) mass is 312 g/mol. The van der Waals surface area contributed by atoms with Crippen LogP contribution in [0.2, 0.25) is 0 Å². The summed E-state index contributed by atoms with van der Waals surface area (Å²) in [6, 6.07) is 17.2. The topological polar surface area (TPSA) is 18.5 Å². The van der Waals surface area contributed by atoms with E-state index in [2.05, 4.69) is 80.1 Å². The van der Waals surface area contributed by atoms with Crippen LogP contribution in [0, 0.1) is 13.8 Å². The van der Waals surface area contributed by atoms with Crippen molar-refractivity contribution in [3.8, 4) is 16.9 Å². The van der Waals surface area contributed by atoms with Gasteiger partial charge in [-0.2, -0.15) is 0 Å². The first-order valence-electron chi connectivity index (χ1n) is 8.42. The van der Waals surface area contributed by atoms with E-state index in [0.29, 0.717) is 6.61 Å². The van der Waals surface area contributed by atoms with Gasteiger partial charge in [0, 0.05) is 0 Å². The van der Waals surface area contributed by atoms with Crippen molar-refractivity contribution in [1.82, 2.24) is 0 Å². The molecule has 0 heterocycles. The zero-order valence-electron chi connectivity index (χ0n) is 14.8. The second-order valence-corrected chi connectivity index (χ2v) is 6.19. The summed E-state index contributed by atoms with van der Waals surface area (Å²) >= 11 is 2.10. The number of hydrogen-bond donors (Lipinski definition) is 0. The molecule has 0 aromatic heterocycles. The summed E-state index contributed by atoms with van der Waals surface area (Å²) < 4.78 is 12.5. The molecule has 0 N–H and O–H groups in total. The first kappa shape index (κ1) is 17.1. The Kier molecular flexibility index (Phi) is 5.31. The Morgan fingerprint density at radius 1 is 1.00 bits per heavy atom. The minimum absolute atomic E-state index is 0.275. The van der Waals surface area contributed by atoms with Crippen LogP contribution in [0.5, 0.6) is 5.75 Å². The van der Waals surface area contributed by atoms with Gasteiger partial charge in [0.05, 0.1) is 0 Å². The first-order valence-corrected chi connectivity index (χ1v) is 8.42. The van der Waals surface area contributed by atoms with Gasteiger partial charge in [-0.05, 0) is 0 Å². The third-order valence-corrected chi connectivity index (χ3v) is 4.32. The zero-order valence-corrected chi connectivity index (χ0v) is 14.8. The third-order valence-electron chi connectivity index (χ3n) is 4.32. The Bertz CT molecular complexity index is 871. The molecule has 118 valence electrons. The molecule has 0 spiro atoms. The Labute approximate surface area is 153 Å². The molecule has 0 radical (unpaired) electrons. The maximum absolute atomic E-state index is 6.00. The second kappa shape index (κ2) is 7.45. The van der Waals surface area contributed by atoms with E-state index in [9.17, 15) is 0 Å². The number of aryl methyl sites for hydroxylation is 2. The van der Waals surface area contributed by atoms with Crippen LogP contribution in [0.1, 0.15) is 18.1 Å². The number of benzene rings is 3. The molecular weight excluding hydrogens is 291 g/mol. The third kappa shape index (κ3) is 3.37. The number of rotatable bonds is 5. The van der Waals surface area contributed by atoms with Gasteiger partial charge in [-0.15, -0.1) is 0 Å². The van der Waals surface area contributed by atoms with Gasteiger partial charge < -0.3 is 0 Å². The van der Waals surface area contributed by atoms with Gasteiger partial charge in [-0.1, -0.05) is 0 Å². The second-order valence-electron chi connectivity index (χ2n) is 6.19. The molecule has 3 heteroatoms. The van der Waals surface area contributed by atoms with Gasteiger partial charge in [0.25, 0.3) is 0 Å². The van der Waals surface area contributed by atoms with E-state index < -0.39 is 0 Å². The molecule has 0 fully saturated rings. The zero-order chi connectivity index (χ0) is 17.1. The maximum atomic E-state index is 6.00. The van der Waals surface area contributed by atoms with Crippen molar-refractivity contribution in [2.45, 2.75) is 20.8 Å². The van der Waals surface area contributed by atoms with E-state index in [1.807, 2.05) is 6.92 Å². The van der Waals surface area contributed by atoms with Gasteiger partial charge in [0.2, 0.25) is 0 Å². The molecule has 0 aliphatic rings. The predicted octanol–water partition coefficient (Wildman–Crippen LogP) is 4.29. The van der Waals surface area contributed by atoms with Gasteiger partial charge in [-0.25, -0.2) is 0 Å². The van der Waals surface area contributed by atoms with Crippen molar-refractivity contribution in [2.75, 3.05) is 13.4 Å². The van der Waals surface area contributed by atoms with Crippen molar-refractivity contribution < 1.29 is 9.47 Å². The van der Waals surface area contributed by atoms with Crippen LogP contribution in [-0.2, 0) is 4.74 Å². The van der Waals surface area contributed by atoms with Crippen LogP contribution in [-0.4, -0.2) is 31.1 Å². The summed E-state index contributed by atoms with van der Waals surface area (Å²) in [5.74, 6) is 0.911. The van der Waals surface area contributed by atoms with E-state index in [1.165, 1.54) is 27.5 Å². The molecule has 3 aromatic rings. The number of ether oxygens (including phenoxy) is 2. The number of hydrogen-bond acceptors (Lipinski definition) is 2. The van der Waals surface area contributed by atoms with Crippen molar-refractivity contribution in [2.24, 2.45) is 0 Å². The summed E-state index contributed by atoms with van der Waals surface area (Å²) in [5.41, 5.74) is 4.87. The number of fused-ring (bicyclic) bond motifs is 1. The average molecular weight is 312 g/mol. The van der Waals surface area contributed by atoms with E-state index in [0.717, 1.165) is 15.5 Å². The average Bonchev–Trinajstić information content (AvgIpc) is 2.56. The van der Waals surface area contributed by atoms with Gasteiger partial charge in [0.15, 0.2) is 0 Å². The van der Waals surface area contributed by atoms with E-state index in [4.69, 9.17) is 9.47 Å². The van der Waals surface area contributed by atoms with Crippen LogP contribution in [0.4, 0.5) is 0 Å². The molecule has 0 aliphatic heterocycles. The molecule has 2 nitrogen and oxygen atoms in total. The van der Waals surface area contributed by atoms with Crippen molar-refractivity contribution >= 4 is 32.7 Å². The van der Waals surface area contributed by atoms with Gasteiger partial charge in [-0.3, -0.25) is 0 Å². The minimum atomic E-state index is 0.275. The molecule has 0 bridgehead atoms. The fourth-order valence-corrected chi connectivity index (χ4v) is 3.25. The molecule has 0 saturated heterocycles. The van der Waals surface area contributed by atoms with Crippen LogP contribution in [0.15, 0.2) is 48.5 Å². The fourth-order valence-electron chi connectivity index (χ4n) is 3.25. The summed E-state index contributed by atoms with van der Waals surface area (Å²) in [5, 5.41) is 2.50. The molecule has 0 amide bonds. The van der Waals surface area contributed by atoms with Crippen LogP contribution in [0.25, 0.3) is 21.9 Å². The van der Waals surface area contributed by atoms with Crippen molar-refractivity contribution in [1.29, 1.82) is 0 Å². The molecule has 0 unspecified atom stereocenters. The fraction of sp³-hybridized carbons (Fsp3) is 0.238. The van der Waals surface area contributed by atoms with E-state index in [-0.39, 0.29) is 6.79 Å². The van der Waals surface area contributed by atoms with Crippen LogP contribution >= 0.6 is 0 Å². The summed E-state index contributed by atoms with van der Waals surface area (Å²) in [7, 11) is 0.